The fourth-order valence-corrected chi connectivity index (χ4v) is 4.67. The molecule has 1 amide bonds. The highest BCUT2D eigenvalue weighted by molar-refractivity contribution is 6.00. The average Bonchev–Trinajstić information content (AvgIpc) is 3.30. The Balaban J connectivity index is 1.88. The molecule has 0 unspecified atom stereocenters. The molecule has 1 aliphatic heterocycles. The van der Waals surface area contributed by atoms with Gasteiger partial charge in [0.25, 0.3) is 0 Å². The van der Waals surface area contributed by atoms with E-state index in [0.717, 1.165) is 30.4 Å². The summed E-state index contributed by atoms with van der Waals surface area (Å²) in [7, 11) is 1.24. The molecule has 0 saturated carbocycles. The maximum atomic E-state index is 13.6. The lowest BCUT2D eigenvalue weighted by atomic mass is 9.82. The molecule has 0 spiro atoms. The Bertz CT molecular complexity index is 1070. The van der Waals surface area contributed by atoms with E-state index in [0.29, 0.717) is 5.56 Å². The van der Waals surface area contributed by atoms with Crippen molar-refractivity contribution < 1.29 is 33.4 Å². The minimum Gasteiger partial charge on any atom is -0.469 e. The largest absolute Gasteiger partial charge is 0.469 e. The van der Waals surface area contributed by atoms with Gasteiger partial charge in [0.2, 0.25) is 0 Å². The number of benzene rings is 2. The standard InChI is InChI=1S/C29H35NO7/c1-4-6-10-20-13-15-22(16-14-20)27(32)24-18-30(29(34)37-19-21-11-8-7-9-12-21)26(28(33)36-5-2)23(24)17-25(31)35-3/h7-9,11-16,23-24,26H,4-6,10,17-19H2,1-3H3/t23-,24-,26-/m0/s1. The first-order chi connectivity index (χ1) is 17.9. The van der Waals surface area contributed by atoms with Gasteiger partial charge in [-0.05, 0) is 30.9 Å². The molecule has 0 N–H and O–H groups in total. The SMILES string of the molecule is CCCCc1ccc(C(=O)[C@H]2CN(C(=O)OCc3ccccc3)[C@H](C(=O)OCC)[C@H]2CC(=O)OC)cc1. The van der Waals surface area contributed by atoms with Crippen molar-refractivity contribution in [1.29, 1.82) is 0 Å². The van der Waals surface area contributed by atoms with Crippen molar-refractivity contribution in [3.63, 3.8) is 0 Å². The molecule has 2 aromatic rings. The van der Waals surface area contributed by atoms with Gasteiger partial charge in [0.05, 0.1) is 20.1 Å². The third kappa shape index (κ3) is 7.18. The number of likely N-dealkylation sites (tertiary alicyclic amines) is 1. The molecule has 198 valence electrons. The van der Waals surface area contributed by atoms with Gasteiger partial charge in [-0.1, -0.05) is 67.9 Å². The molecule has 37 heavy (non-hydrogen) atoms. The molecular weight excluding hydrogens is 474 g/mol. The van der Waals surface area contributed by atoms with Crippen LogP contribution in [0.1, 0.15) is 54.6 Å². The number of hydrogen-bond donors (Lipinski definition) is 0. The zero-order chi connectivity index (χ0) is 26.8. The summed E-state index contributed by atoms with van der Waals surface area (Å²) >= 11 is 0. The van der Waals surface area contributed by atoms with E-state index in [1.54, 1.807) is 19.1 Å². The third-order valence-corrected chi connectivity index (χ3v) is 6.64. The molecule has 8 heteroatoms. The van der Waals surface area contributed by atoms with Crippen molar-refractivity contribution in [2.45, 2.75) is 52.2 Å². The number of rotatable bonds is 11. The van der Waals surface area contributed by atoms with Gasteiger partial charge in [-0.25, -0.2) is 9.59 Å². The van der Waals surface area contributed by atoms with Gasteiger partial charge in [-0.15, -0.1) is 0 Å². The van der Waals surface area contributed by atoms with Crippen LogP contribution in [0.5, 0.6) is 0 Å². The van der Waals surface area contributed by atoms with E-state index < -0.39 is 35.9 Å². The smallest absolute Gasteiger partial charge is 0.410 e. The van der Waals surface area contributed by atoms with E-state index in [4.69, 9.17) is 14.2 Å². The van der Waals surface area contributed by atoms with Crippen molar-refractivity contribution >= 4 is 23.8 Å². The van der Waals surface area contributed by atoms with Gasteiger partial charge in [-0.2, -0.15) is 0 Å². The Labute approximate surface area is 217 Å². The van der Waals surface area contributed by atoms with Crippen LogP contribution in [0.2, 0.25) is 0 Å². The van der Waals surface area contributed by atoms with Crippen LogP contribution >= 0.6 is 0 Å². The van der Waals surface area contributed by atoms with Crippen LogP contribution in [0, 0.1) is 11.8 Å². The van der Waals surface area contributed by atoms with E-state index in [1.165, 1.54) is 12.0 Å². The minimum absolute atomic E-state index is 0.00518. The first-order valence-electron chi connectivity index (χ1n) is 12.7. The third-order valence-electron chi connectivity index (χ3n) is 6.64. The Morgan fingerprint density at radius 1 is 0.919 bits per heavy atom. The number of esters is 2. The Morgan fingerprint density at radius 2 is 1.62 bits per heavy atom. The predicted molar refractivity (Wildman–Crippen MR) is 137 cm³/mol. The van der Waals surface area contributed by atoms with Crippen molar-refractivity contribution in [3.8, 4) is 0 Å². The molecule has 8 nitrogen and oxygen atoms in total. The second-order valence-corrected chi connectivity index (χ2v) is 9.10. The number of unbranched alkanes of at least 4 members (excludes halogenated alkanes) is 1. The highest BCUT2D eigenvalue weighted by atomic mass is 16.6. The number of carbonyl (C=O) groups is 4. The van der Waals surface area contributed by atoms with E-state index in [1.807, 2.05) is 42.5 Å². The summed E-state index contributed by atoms with van der Waals surface area (Å²) in [5.74, 6) is -3.13. The molecule has 0 aliphatic carbocycles. The molecule has 1 heterocycles. The molecule has 0 aromatic heterocycles. The van der Waals surface area contributed by atoms with Gasteiger partial charge in [-0.3, -0.25) is 14.5 Å². The molecule has 0 radical (unpaired) electrons. The Hall–Kier alpha value is -3.68. The number of nitrogens with zero attached hydrogens (tertiary/aromatic N) is 1. The number of hydrogen-bond acceptors (Lipinski definition) is 7. The van der Waals surface area contributed by atoms with Gasteiger partial charge in [0.15, 0.2) is 5.78 Å². The molecule has 1 fully saturated rings. The van der Waals surface area contributed by atoms with Crippen LogP contribution in [0.25, 0.3) is 0 Å². The first-order valence-corrected chi connectivity index (χ1v) is 12.7. The number of amides is 1. The van der Waals surface area contributed by atoms with Crippen LogP contribution in [-0.4, -0.2) is 55.0 Å². The quantitative estimate of drug-likeness (QED) is 0.248. The fourth-order valence-electron chi connectivity index (χ4n) is 4.67. The predicted octanol–water partition coefficient (Wildman–Crippen LogP) is 4.59. The molecule has 1 aliphatic rings. The summed E-state index contributed by atoms with van der Waals surface area (Å²) in [4.78, 5) is 53.4. The number of methoxy groups -OCH3 is 1. The summed E-state index contributed by atoms with van der Waals surface area (Å²) < 4.78 is 15.6. The zero-order valence-corrected chi connectivity index (χ0v) is 21.7. The molecule has 1 saturated heterocycles. The average molecular weight is 510 g/mol. The highest BCUT2D eigenvalue weighted by Gasteiger charge is 2.52. The number of Topliss-reactive ketones (excluding diaryl/α,β-unsaturated/α-hetero) is 1. The van der Waals surface area contributed by atoms with Gasteiger partial charge in [0, 0.05) is 23.9 Å². The van der Waals surface area contributed by atoms with Crippen LogP contribution in [-0.2, 0) is 36.8 Å². The molecule has 3 rings (SSSR count). The van der Waals surface area contributed by atoms with E-state index in [-0.39, 0.29) is 32.0 Å². The molecule has 2 aromatic carbocycles. The maximum Gasteiger partial charge on any atom is 0.410 e. The second kappa shape index (κ2) is 13.6. The number of carbonyl (C=O) groups excluding carboxylic acids is 4. The summed E-state index contributed by atoms with van der Waals surface area (Å²) in [5, 5.41) is 0. The lowest BCUT2D eigenvalue weighted by Gasteiger charge is -2.25. The fraction of sp³-hybridized carbons (Fsp3) is 0.448. The summed E-state index contributed by atoms with van der Waals surface area (Å²) in [6.45, 7) is 3.80. The second-order valence-electron chi connectivity index (χ2n) is 9.10. The van der Waals surface area contributed by atoms with Crippen molar-refractivity contribution in [2.75, 3.05) is 20.3 Å². The lowest BCUT2D eigenvalue weighted by Crippen LogP contribution is -2.45. The van der Waals surface area contributed by atoms with Gasteiger partial charge in [0.1, 0.15) is 12.6 Å². The Kier molecular flexibility index (Phi) is 10.2. The van der Waals surface area contributed by atoms with Crippen LogP contribution < -0.4 is 0 Å². The van der Waals surface area contributed by atoms with Crippen molar-refractivity contribution in [3.05, 3.63) is 71.3 Å². The van der Waals surface area contributed by atoms with E-state index in [9.17, 15) is 19.2 Å². The van der Waals surface area contributed by atoms with Crippen LogP contribution in [0.3, 0.4) is 0 Å². The number of ether oxygens (including phenoxy) is 3. The molecular formula is C29H35NO7. The topological polar surface area (TPSA) is 99.2 Å². The van der Waals surface area contributed by atoms with E-state index in [2.05, 4.69) is 6.92 Å². The Morgan fingerprint density at radius 3 is 2.24 bits per heavy atom. The van der Waals surface area contributed by atoms with Gasteiger partial charge >= 0.3 is 18.0 Å². The monoisotopic (exact) mass is 509 g/mol. The number of aryl methyl sites for hydroxylation is 1. The van der Waals surface area contributed by atoms with Crippen LogP contribution in [0.4, 0.5) is 4.79 Å². The van der Waals surface area contributed by atoms with Gasteiger partial charge < -0.3 is 14.2 Å². The maximum absolute atomic E-state index is 13.6. The van der Waals surface area contributed by atoms with E-state index >= 15 is 0 Å². The summed E-state index contributed by atoms with van der Waals surface area (Å²) in [5.41, 5.74) is 2.37. The normalized spacial score (nSPS) is 18.8. The number of ketones is 1. The summed E-state index contributed by atoms with van der Waals surface area (Å²) in [6, 6.07) is 15.4. The van der Waals surface area contributed by atoms with Crippen molar-refractivity contribution in [1.82, 2.24) is 4.90 Å². The lowest BCUT2D eigenvalue weighted by molar-refractivity contribution is -0.150. The molecule has 0 bridgehead atoms. The summed E-state index contributed by atoms with van der Waals surface area (Å²) in [6.07, 6.45) is 2.09. The first kappa shape index (κ1) is 27.9. The minimum atomic E-state index is -1.15. The highest BCUT2D eigenvalue weighted by Crippen LogP contribution is 2.36. The van der Waals surface area contributed by atoms with Crippen molar-refractivity contribution in [2.24, 2.45) is 11.8 Å². The molecule has 3 atom stereocenters. The van der Waals surface area contributed by atoms with Crippen LogP contribution in [0.15, 0.2) is 54.6 Å². The zero-order valence-electron chi connectivity index (χ0n) is 21.7.